The van der Waals surface area contributed by atoms with Crippen LogP contribution >= 0.6 is 0 Å². The lowest BCUT2D eigenvalue weighted by Crippen LogP contribution is -2.41. The number of nitriles is 1. The fourth-order valence-electron chi connectivity index (χ4n) is 3.01. The lowest BCUT2D eigenvalue weighted by molar-refractivity contribution is -0.138. The van der Waals surface area contributed by atoms with Crippen molar-refractivity contribution in [3.05, 3.63) is 0 Å². The molecule has 0 heterocycles. The largest absolute Gasteiger partial charge is 0.338 e. The Morgan fingerprint density at radius 2 is 2.12 bits per heavy atom. The molecule has 2 rings (SSSR count). The van der Waals surface area contributed by atoms with Gasteiger partial charge < -0.3 is 4.90 Å². The van der Waals surface area contributed by atoms with E-state index < -0.39 is 0 Å². The van der Waals surface area contributed by atoms with E-state index >= 15 is 0 Å². The first-order valence-electron chi connectivity index (χ1n) is 6.73. The molecule has 0 bridgehead atoms. The average molecular weight is 234 g/mol. The summed E-state index contributed by atoms with van der Waals surface area (Å²) in [5.74, 6) is 0.493. The van der Waals surface area contributed by atoms with Crippen LogP contribution in [0, 0.1) is 22.7 Å². The van der Waals surface area contributed by atoms with E-state index in [2.05, 4.69) is 19.9 Å². The number of carbonyl (C=O) groups is 1. The number of rotatable bonds is 4. The number of nitrogens with zero attached hydrogens (tertiary/aromatic N) is 2. The molecule has 17 heavy (non-hydrogen) atoms. The molecule has 0 aromatic carbocycles. The van der Waals surface area contributed by atoms with Crippen LogP contribution in [0.2, 0.25) is 0 Å². The Morgan fingerprint density at radius 3 is 2.59 bits per heavy atom. The lowest BCUT2D eigenvalue weighted by Gasteiger charge is -2.32. The molecular formula is C14H22N2O. The van der Waals surface area contributed by atoms with Crippen LogP contribution < -0.4 is 0 Å². The zero-order valence-corrected chi connectivity index (χ0v) is 10.9. The van der Waals surface area contributed by atoms with Crippen LogP contribution in [-0.4, -0.2) is 23.4 Å². The first-order chi connectivity index (χ1) is 8.06. The van der Waals surface area contributed by atoms with Gasteiger partial charge in [-0.15, -0.1) is 0 Å². The van der Waals surface area contributed by atoms with E-state index in [1.807, 2.05) is 4.90 Å². The van der Waals surface area contributed by atoms with Crippen molar-refractivity contribution >= 4 is 5.91 Å². The fourth-order valence-corrected chi connectivity index (χ4v) is 3.01. The van der Waals surface area contributed by atoms with Crippen LogP contribution in [0.3, 0.4) is 0 Å². The Kier molecular flexibility index (Phi) is 3.42. The second-order valence-corrected chi connectivity index (χ2v) is 6.10. The predicted octanol–water partition coefficient (Wildman–Crippen LogP) is 2.72. The molecule has 2 saturated carbocycles. The van der Waals surface area contributed by atoms with Gasteiger partial charge in [0.2, 0.25) is 5.91 Å². The summed E-state index contributed by atoms with van der Waals surface area (Å²) in [6.07, 6.45) is 6.08. The zero-order valence-electron chi connectivity index (χ0n) is 10.9. The molecule has 3 nitrogen and oxygen atoms in total. The first kappa shape index (κ1) is 12.4. The molecule has 0 saturated heterocycles. The molecule has 2 fully saturated rings. The van der Waals surface area contributed by atoms with Crippen molar-refractivity contribution in [2.45, 2.75) is 58.4 Å². The highest BCUT2D eigenvalue weighted by atomic mass is 16.2. The summed E-state index contributed by atoms with van der Waals surface area (Å²) < 4.78 is 0. The number of hydrogen-bond acceptors (Lipinski definition) is 2. The Hall–Kier alpha value is -1.04. The molecule has 3 heteroatoms. The Bertz CT molecular complexity index is 339. The highest BCUT2D eigenvalue weighted by Crippen LogP contribution is 2.44. The highest BCUT2D eigenvalue weighted by molar-refractivity contribution is 5.80. The Balaban J connectivity index is 2.03. The van der Waals surface area contributed by atoms with E-state index in [1.54, 1.807) is 0 Å². The summed E-state index contributed by atoms with van der Waals surface area (Å²) in [5.41, 5.74) is 0.150. The van der Waals surface area contributed by atoms with E-state index in [4.69, 9.17) is 5.26 Å². The van der Waals surface area contributed by atoms with Crippen molar-refractivity contribution in [3.63, 3.8) is 0 Å². The molecule has 1 unspecified atom stereocenters. The summed E-state index contributed by atoms with van der Waals surface area (Å²) in [6.45, 7) is 5.04. The Labute approximate surface area is 104 Å². The standard InChI is InChI=1S/C14H22N2O/c1-14(2)8-3-5-12(14)13(17)16(10-4-9-15)11-6-7-11/h11-12H,3-8,10H2,1-2H3. The van der Waals surface area contributed by atoms with Crippen molar-refractivity contribution in [2.75, 3.05) is 6.54 Å². The Morgan fingerprint density at radius 1 is 1.41 bits per heavy atom. The third-order valence-corrected chi connectivity index (χ3v) is 4.29. The molecule has 0 aromatic heterocycles. The molecule has 0 N–H and O–H groups in total. The van der Waals surface area contributed by atoms with E-state index in [0.717, 1.165) is 25.7 Å². The molecule has 0 aromatic rings. The van der Waals surface area contributed by atoms with Gasteiger partial charge in [-0.3, -0.25) is 4.79 Å². The topological polar surface area (TPSA) is 44.1 Å². The molecule has 2 aliphatic rings. The normalized spacial score (nSPS) is 26.5. The maximum atomic E-state index is 12.6. The van der Waals surface area contributed by atoms with E-state index in [-0.39, 0.29) is 11.3 Å². The summed E-state index contributed by atoms with van der Waals surface area (Å²) in [5, 5.41) is 8.68. The van der Waals surface area contributed by atoms with Gasteiger partial charge in [-0.05, 0) is 31.1 Å². The predicted molar refractivity (Wildman–Crippen MR) is 66.1 cm³/mol. The average Bonchev–Trinajstić information content (AvgIpc) is 3.03. The van der Waals surface area contributed by atoms with Crippen molar-refractivity contribution in [3.8, 4) is 6.07 Å². The van der Waals surface area contributed by atoms with Crippen LogP contribution in [0.1, 0.15) is 52.4 Å². The molecule has 2 aliphatic carbocycles. The summed E-state index contributed by atoms with van der Waals surface area (Å²) in [6, 6.07) is 2.59. The van der Waals surface area contributed by atoms with Crippen molar-refractivity contribution in [1.29, 1.82) is 5.26 Å². The van der Waals surface area contributed by atoms with E-state index in [9.17, 15) is 4.79 Å². The number of carbonyl (C=O) groups excluding carboxylic acids is 1. The van der Waals surface area contributed by atoms with Gasteiger partial charge in [0.15, 0.2) is 0 Å². The van der Waals surface area contributed by atoms with Crippen LogP contribution in [0.5, 0.6) is 0 Å². The monoisotopic (exact) mass is 234 g/mol. The van der Waals surface area contributed by atoms with Gasteiger partial charge in [0.25, 0.3) is 0 Å². The van der Waals surface area contributed by atoms with Gasteiger partial charge >= 0.3 is 0 Å². The molecule has 0 aliphatic heterocycles. The van der Waals surface area contributed by atoms with E-state index in [1.165, 1.54) is 6.42 Å². The summed E-state index contributed by atoms with van der Waals surface area (Å²) >= 11 is 0. The van der Waals surface area contributed by atoms with Crippen LogP contribution in [0.15, 0.2) is 0 Å². The minimum Gasteiger partial charge on any atom is -0.338 e. The van der Waals surface area contributed by atoms with Gasteiger partial charge in [-0.25, -0.2) is 0 Å². The smallest absolute Gasteiger partial charge is 0.226 e. The second kappa shape index (κ2) is 4.68. The maximum Gasteiger partial charge on any atom is 0.226 e. The van der Waals surface area contributed by atoms with Gasteiger partial charge in [0.1, 0.15) is 0 Å². The van der Waals surface area contributed by atoms with Crippen molar-refractivity contribution < 1.29 is 4.79 Å². The quantitative estimate of drug-likeness (QED) is 0.750. The first-order valence-corrected chi connectivity index (χ1v) is 6.73. The SMILES string of the molecule is CC1(C)CCCC1C(=O)N(CCC#N)C1CC1. The third-order valence-electron chi connectivity index (χ3n) is 4.29. The lowest BCUT2D eigenvalue weighted by atomic mass is 9.81. The zero-order chi connectivity index (χ0) is 12.5. The highest BCUT2D eigenvalue weighted by Gasteiger charge is 2.44. The number of amides is 1. The van der Waals surface area contributed by atoms with Crippen LogP contribution in [0.4, 0.5) is 0 Å². The third kappa shape index (κ3) is 2.62. The molecule has 94 valence electrons. The van der Waals surface area contributed by atoms with Crippen LogP contribution in [0.25, 0.3) is 0 Å². The van der Waals surface area contributed by atoms with Gasteiger partial charge in [-0.1, -0.05) is 20.3 Å². The van der Waals surface area contributed by atoms with Gasteiger partial charge in [-0.2, -0.15) is 5.26 Å². The number of hydrogen-bond donors (Lipinski definition) is 0. The maximum absolute atomic E-state index is 12.6. The summed E-state index contributed by atoms with van der Waals surface area (Å²) in [7, 11) is 0. The molecule has 0 spiro atoms. The van der Waals surface area contributed by atoms with Crippen molar-refractivity contribution in [2.24, 2.45) is 11.3 Å². The van der Waals surface area contributed by atoms with E-state index in [0.29, 0.717) is 24.9 Å². The minimum atomic E-state index is 0.150. The van der Waals surface area contributed by atoms with Gasteiger partial charge in [0.05, 0.1) is 12.5 Å². The molecular weight excluding hydrogens is 212 g/mol. The van der Waals surface area contributed by atoms with Crippen molar-refractivity contribution in [1.82, 2.24) is 4.90 Å². The molecule has 1 amide bonds. The van der Waals surface area contributed by atoms with Crippen LogP contribution in [-0.2, 0) is 4.79 Å². The second-order valence-electron chi connectivity index (χ2n) is 6.10. The minimum absolute atomic E-state index is 0.150. The summed E-state index contributed by atoms with van der Waals surface area (Å²) in [4.78, 5) is 14.6. The molecule has 0 radical (unpaired) electrons. The van der Waals surface area contributed by atoms with Gasteiger partial charge in [0, 0.05) is 18.5 Å². The molecule has 1 atom stereocenters. The fraction of sp³-hybridized carbons (Fsp3) is 0.857.